The Morgan fingerprint density at radius 1 is 1.14 bits per heavy atom. The molecule has 4 N–H and O–H groups in total. The minimum absolute atomic E-state index is 0. The molecular formula is C19H23ClN6O3. The van der Waals surface area contributed by atoms with Crippen molar-refractivity contribution in [3.8, 4) is 11.4 Å². The molecule has 154 valence electrons. The standard InChI is InChI=1S/C19H22N6O3.ClH/c20-9-15-22-17(24-23-15)11-5-7-12(8-6-11)21-16(26)10-25-18(27)13-3-1-2-4-14(13)19(25)28;/h5-8,13-14H,1-4,9-10,20H2,(H,21,26)(H,22,23,24);1H. The van der Waals surface area contributed by atoms with Crippen LogP contribution < -0.4 is 11.1 Å². The van der Waals surface area contributed by atoms with E-state index in [1.165, 1.54) is 0 Å². The van der Waals surface area contributed by atoms with Crippen LogP contribution in [0, 0.1) is 11.8 Å². The number of nitrogens with one attached hydrogen (secondary N) is 2. The van der Waals surface area contributed by atoms with E-state index in [-0.39, 0.29) is 49.1 Å². The van der Waals surface area contributed by atoms with Crippen molar-refractivity contribution in [2.24, 2.45) is 17.6 Å². The molecule has 2 aliphatic rings. The van der Waals surface area contributed by atoms with Crippen LogP contribution in [0.25, 0.3) is 11.4 Å². The lowest BCUT2D eigenvalue weighted by Crippen LogP contribution is -2.38. The Bertz CT molecular complexity index is 889. The number of aromatic nitrogens is 3. The number of rotatable bonds is 5. The summed E-state index contributed by atoms with van der Waals surface area (Å²) >= 11 is 0. The average molecular weight is 419 g/mol. The molecule has 1 aromatic heterocycles. The Hall–Kier alpha value is -2.78. The zero-order valence-electron chi connectivity index (χ0n) is 15.8. The number of imide groups is 1. The molecule has 2 unspecified atom stereocenters. The lowest BCUT2D eigenvalue weighted by atomic mass is 9.81. The summed E-state index contributed by atoms with van der Waals surface area (Å²) in [6, 6.07) is 7.00. The molecule has 2 atom stereocenters. The van der Waals surface area contributed by atoms with Gasteiger partial charge in [-0.3, -0.25) is 24.4 Å². The number of anilines is 1. The van der Waals surface area contributed by atoms with E-state index in [4.69, 9.17) is 5.73 Å². The number of amides is 3. The van der Waals surface area contributed by atoms with Gasteiger partial charge in [0.2, 0.25) is 17.7 Å². The van der Waals surface area contributed by atoms with Gasteiger partial charge in [-0.15, -0.1) is 12.4 Å². The molecule has 1 saturated heterocycles. The largest absolute Gasteiger partial charge is 0.325 e. The third kappa shape index (κ3) is 4.15. The van der Waals surface area contributed by atoms with Gasteiger partial charge in [0.05, 0.1) is 18.4 Å². The van der Waals surface area contributed by atoms with Crippen LogP contribution in [0.2, 0.25) is 0 Å². The minimum atomic E-state index is -0.392. The van der Waals surface area contributed by atoms with Crippen LogP contribution in [0.15, 0.2) is 24.3 Å². The number of hydrogen-bond acceptors (Lipinski definition) is 6. The fraction of sp³-hybridized carbons (Fsp3) is 0.421. The van der Waals surface area contributed by atoms with Crippen LogP contribution in [0.5, 0.6) is 0 Å². The van der Waals surface area contributed by atoms with Crippen LogP contribution in [0.3, 0.4) is 0 Å². The molecule has 1 saturated carbocycles. The van der Waals surface area contributed by atoms with Crippen molar-refractivity contribution in [3.63, 3.8) is 0 Å². The summed E-state index contributed by atoms with van der Waals surface area (Å²) in [5.74, 6) is -0.180. The van der Waals surface area contributed by atoms with E-state index in [9.17, 15) is 14.4 Å². The summed E-state index contributed by atoms with van der Waals surface area (Å²) in [5, 5.41) is 9.56. The third-order valence-electron chi connectivity index (χ3n) is 5.39. The zero-order chi connectivity index (χ0) is 19.7. The number of halogens is 1. The van der Waals surface area contributed by atoms with Crippen molar-refractivity contribution in [1.82, 2.24) is 20.1 Å². The van der Waals surface area contributed by atoms with Crippen molar-refractivity contribution >= 4 is 35.8 Å². The molecule has 1 aliphatic carbocycles. The summed E-state index contributed by atoms with van der Waals surface area (Å²) in [7, 11) is 0. The highest BCUT2D eigenvalue weighted by molar-refractivity contribution is 6.08. The smallest absolute Gasteiger partial charge is 0.244 e. The highest BCUT2D eigenvalue weighted by atomic mass is 35.5. The zero-order valence-corrected chi connectivity index (χ0v) is 16.6. The van der Waals surface area contributed by atoms with Gasteiger partial charge in [0.25, 0.3) is 0 Å². The molecule has 1 aliphatic heterocycles. The van der Waals surface area contributed by atoms with Gasteiger partial charge in [0.15, 0.2) is 5.82 Å². The Kier molecular flexibility index (Phi) is 6.29. The molecule has 10 heteroatoms. The maximum Gasteiger partial charge on any atom is 0.244 e. The van der Waals surface area contributed by atoms with Gasteiger partial charge in [-0.1, -0.05) is 12.8 Å². The molecule has 9 nitrogen and oxygen atoms in total. The van der Waals surface area contributed by atoms with E-state index in [0.29, 0.717) is 17.3 Å². The van der Waals surface area contributed by atoms with Crippen molar-refractivity contribution < 1.29 is 14.4 Å². The van der Waals surface area contributed by atoms with Gasteiger partial charge < -0.3 is 11.1 Å². The molecule has 4 rings (SSSR count). The first-order chi connectivity index (χ1) is 13.6. The second-order valence-corrected chi connectivity index (χ2v) is 7.20. The van der Waals surface area contributed by atoms with Crippen LogP contribution >= 0.6 is 12.4 Å². The Balaban J connectivity index is 0.00000240. The van der Waals surface area contributed by atoms with Gasteiger partial charge in [0, 0.05) is 11.3 Å². The topological polar surface area (TPSA) is 134 Å². The monoisotopic (exact) mass is 418 g/mol. The quantitative estimate of drug-likeness (QED) is 0.629. The van der Waals surface area contributed by atoms with E-state index in [2.05, 4.69) is 20.5 Å². The molecule has 0 bridgehead atoms. The maximum atomic E-state index is 12.5. The SMILES string of the molecule is Cl.NCc1nc(-c2ccc(NC(=O)CN3C(=O)C4CCCCC4C3=O)cc2)n[nH]1. The molecule has 2 fully saturated rings. The van der Waals surface area contributed by atoms with Gasteiger partial charge in [-0.2, -0.15) is 5.10 Å². The van der Waals surface area contributed by atoms with E-state index in [0.717, 1.165) is 36.1 Å². The van der Waals surface area contributed by atoms with Gasteiger partial charge in [-0.05, 0) is 37.1 Å². The minimum Gasteiger partial charge on any atom is -0.325 e. The van der Waals surface area contributed by atoms with Crippen LogP contribution in [-0.2, 0) is 20.9 Å². The number of H-pyrrole nitrogens is 1. The number of hydrogen-bond donors (Lipinski definition) is 3. The molecule has 2 heterocycles. The van der Waals surface area contributed by atoms with Crippen molar-refractivity contribution in [1.29, 1.82) is 0 Å². The van der Waals surface area contributed by atoms with Gasteiger partial charge >= 0.3 is 0 Å². The summed E-state index contributed by atoms with van der Waals surface area (Å²) in [5.41, 5.74) is 6.86. The van der Waals surface area contributed by atoms with E-state index >= 15 is 0 Å². The number of nitrogens with zero attached hydrogens (tertiary/aromatic N) is 3. The lowest BCUT2D eigenvalue weighted by molar-refractivity contribution is -0.142. The first kappa shape index (κ1) is 20.9. The van der Waals surface area contributed by atoms with Crippen LogP contribution in [0.4, 0.5) is 5.69 Å². The molecule has 1 aromatic carbocycles. The summed E-state index contributed by atoms with van der Waals surface area (Å²) in [6.07, 6.45) is 3.40. The van der Waals surface area contributed by atoms with Crippen LogP contribution in [-0.4, -0.2) is 44.3 Å². The predicted octanol–water partition coefficient (Wildman–Crippen LogP) is 1.47. The fourth-order valence-electron chi connectivity index (χ4n) is 3.95. The Morgan fingerprint density at radius 3 is 2.31 bits per heavy atom. The van der Waals surface area contributed by atoms with Crippen molar-refractivity contribution in [2.45, 2.75) is 32.2 Å². The summed E-state index contributed by atoms with van der Waals surface area (Å²) in [4.78, 5) is 42.7. The molecule has 3 amide bonds. The molecular weight excluding hydrogens is 396 g/mol. The number of carbonyl (C=O) groups is 3. The number of carbonyl (C=O) groups excluding carboxylic acids is 3. The van der Waals surface area contributed by atoms with E-state index in [1.807, 2.05) is 0 Å². The molecule has 0 spiro atoms. The number of fused-ring (bicyclic) bond motifs is 1. The summed E-state index contributed by atoms with van der Waals surface area (Å²) < 4.78 is 0. The first-order valence-corrected chi connectivity index (χ1v) is 9.43. The second kappa shape index (κ2) is 8.71. The van der Waals surface area contributed by atoms with Gasteiger partial charge in [-0.25, -0.2) is 4.98 Å². The molecule has 29 heavy (non-hydrogen) atoms. The number of likely N-dealkylation sites (tertiary alicyclic amines) is 1. The highest BCUT2D eigenvalue weighted by Gasteiger charge is 2.48. The molecule has 2 aromatic rings. The third-order valence-corrected chi connectivity index (χ3v) is 5.39. The number of benzene rings is 1. The lowest BCUT2D eigenvalue weighted by Gasteiger charge is -2.19. The Labute approximate surface area is 173 Å². The van der Waals surface area contributed by atoms with Crippen LogP contribution in [0.1, 0.15) is 31.5 Å². The predicted molar refractivity (Wildman–Crippen MR) is 108 cm³/mol. The fourth-order valence-corrected chi connectivity index (χ4v) is 3.95. The van der Waals surface area contributed by atoms with Crippen molar-refractivity contribution in [2.75, 3.05) is 11.9 Å². The normalized spacial score (nSPS) is 20.9. The Morgan fingerprint density at radius 2 is 1.76 bits per heavy atom. The highest BCUT2D eigenvalue weighted by Crippen LogP contribution is 2.37. The first-order valence-electron chi connectivity index (χ1n) is 9.43. The number of aromatic amines is 1. The van der Waals surface area contributed by atoms with Crippen molar-refractivity contribution in [3.05, 3.63) is 30.1 Å². The number of nitrogens with two attached hydrogens (primary N) is 1. The van der Waals surface area contributed by atoms with E-state index in [1.54, 1.807) is 24.3 Å². The second-order valence-electron chi connectivity index (χ2n) is 7.20. The van der Waals surface area contributed by atoms with E-state index < -0.39 is 5.91 Å². The maximum absolute atomic E-state index is 12.5. The summed E-state index contributed by atoms with van der Waals surface area (Å²) in [6.45, 7) is 0.0317. The van der Waals surface area contributed by atoms with Gasteiger partial charge in [0.1, 0.15) is 12.4 Å². The molecule has 0 radical (unpaired) electrons. The average Bonchev–Trinajstić information content (AvgIpc) is 3.28.